The van der Waals surface area contributed by atoms with Gasteiger partial charge in [0.25, 0.3) is 5.69 Å². The molecule has 0 atom stereocenters. The van der Waals surface area contributed by atoms with Crippen LogP contribution in [-0.2, 0) is 6.54 Å². The number of nitro benzene ring substituents is 1. The summed E-state index contributed by atoms with van der Waals surface area (Å²) in [5.74, 6) is 1.60. The molecule has 6 nitrogen and oxygen atoms in total. The molecular formula is C23H26N3O3+. The largest absolute Gasteiger partial charge is 0.455 e. The lowest BCUT2D eigenvalue weighted by Crippen LogP contribution is -3.13. The first-order chi connectivity index (χ1) is 14.0. The van der Waals surface area contributed by atoms with Crippen molar-refractivity contribution in [1.29, 1.82) is 0 Å². The topological polar surface area (TPSA) is 64.0 Å². The molecule has 0 saturated carbocycles. The van der Waals surface area contributed by atoms with Gasteiger partial charge in [0.15, 0.2) is 5.76 Å². The molecule has 1 aromatic heterocycles. The van der Waals surface area contributed by atoms with Gasteiger partial charge in [-0.05, 0) is 43.2 Å². The Morgan fingerprint density at radius 2 is 1.86 bits per heavy atom. The molecule has 2 heterocycles. The molecule has 1 N–H and O–H groups in total. The molecule has 1 fully saturated rings. The summed E-state index contributed by atoms with van der Waals surface area (Å²) in [4.78, 5) is 14.6. The highest BCUT2D eigenvalue weighted by Gasteiger charge is 2.22. The number of nitro groups is 1. The van der Waals surface area contributed by atoms with Gasteiger partial charge in [-0.3, -0.25) is 10.1 Å². The van der Waals surface area contributed by atoms with Crippen LogP contribution in [0.5, 0.6) is 0 Å². The number of non-ortho nitro benzene ring substituents is 1. The number of furan rings is 1. The van der Waals surface area contributed by atoms with E-state index in [-0.39, 0.29) is 10.6 Å². The van der Waals surface area contributed by atoms with E-state index in [0.717, 1.165) is 44.0 Å². The Kier molecular flexibility index (Phi) is 5.36. The van der Waals surface area contributed by atoms with Crippen LogP contribution in [0.25, 0.3) is 11.3 Å². The highest BCUT2D eigenvalue weighted by molar-refractivity contribution is 5.61. The molecular weight excluding hydrogens is 366 g/mol. The molecule has 3 aromatic rings. The Morgan fingerprint density at radius 3 is 2.62 bits per heavy atom. The lowest BCUT2D eigenvalue weighted by Gasteiger charge is -2.34. The normalized spacial score (nSPS) is 14.9. The Labute approximate surface area is 170 Å². The van der Waals surface area contributed by atoms with Crippen LogP contribution >= 0.6 is 0 Å². The number of benzene rings is 2. The van der Waals surface area contributed by atoms with Gasteiger partial charge < -0.3 is 14.2 Å². The summed E-state index contributed by atoms with van der Waals surface area (Å²) in [6, 6.07) is 17.1. The number of rotatable bonds is 5. The number of piperazine rings is 1. The SMILES string of the molecule is Cc1ccc(C)c(N2CC[NH+](Cc3ccc(-c4cccc([N+](=O)[O-])c4)o3)CC2)c1. The van der Waals surface area contributed by atoms with Crippen molar-refractivity contribution in [3.63, 3.8) is 0 Å². The maximum absolute atomic E-state index is 11.0. The quantitative estimate of drug-likeness (QED) is 0.534. The molecule has 150 valence electrons. The summed E-state index contributed by atoms with van der Waals surface area (Å²) in [5, 5.41) is 11.0. The third kappa shape index (κ3) is 4.32. The third-order valence-corrected chi connectivity index (χ3v) is 5.60. The van der Waals surface area contributed by atoms with E-state index in [1.807, 2.05) is 18.2 Å². The van der Waals surface area contributed by atoms with Crippen LogP contribution in [0.1, 0.15) is 16.9 Å². The van der Waals surface area contributed by atoms with E-state index in [0.29, 0.717) is 5.76 Å². The molecule has 0 spiro atoms. The van der Waals surface area contributed by atoms with Crippen LogP contribution in [-0.4, -0.2) is 31.1 Å². The lowest BCUT2D eigenvalue weighted by atomic mass is 10.1. The molecule has 0 aliphatic carbocycles. The van der Waals surface area contributed by atoms with Crippen molar-refractivity contribution >= 4 is 11.4 Å². The van der Waals surface area contributed by atoms with Crippen molar-refractivity contribution in [3.8, 4) is 11.3 Å². The number of nitrogens with zero attached hydrogens (tertiary/aromatic N) is 2. The molecule has 1 aliphatic rings. The molecule has 0 bridgehead atoms. The standard InChI is InChI=1S/C23H25N3O3/c1-17-6-7-18(2)22(14-17)25-12-10-24(11-13-25)16-21-8-9-23(29-21)19-4-3-5-20(15-19)26(27)28/h3-9,14-15H,10-13,16H2,1-2H3/p+1. The van der Waals surface area contributed by atoms with Crippen molar-refractivity contribution < 1.29 is 14.2 Å². The number of hydrogen-bond acceptors (Lipinski definition) is 4. The second-order valence-corrected chi connectivity index (χ2v) is 7.78. The van der Waals surface area contributed by atoms with E-state index in [4.69, 9.17) is 4.42 Å². The van der Waals surface area contributed by atoms with Gasteiger partial charge in [-0.25, -0.2) is 0 Å². The van der Waals surface area contributed by atoms with E-state index < -0.39 is 0 Å². The van der Waals surface area contributed by atoms with E-state index in [1.54, 1.807) is 12.1 Å². The van der Waals surface area contributed by atoms with Crippen LogP contribution in [0.15, 0.2) is 59.0 Å². The van der Waals surface area contributed by atoms with Crippen LogP contribution in [0.2, 0.25) is 0 Å². The first kappa shape index (κ1) is 19.2. The predicted molar refractivity (Wildman–Crippen MR) is 113 cm³/mol. The number of anilines is 1. The molecule has 0 unspecified atom stereocenters. The van der Waals surface area contributed by atoms with Crippen molar-refractivity contribution in [2.24, 2.45) is 0 Å². The van der Waals surface area contributed by atoms with E-state index >= 15 is 0 Å². The number of nitrogens with one attached hydrogen (secondary N) is 1. The van der Waals surface area contributed by atoms with Crippen LogP contribution in [0, 0.1) is 24.0 Å². The molecule has 4 rings (SSSR count). The molecule has 6 heteroatoms. The first-order valence-corrected chi connectivity index (χ1v) is 9.99. The number of hydrogen-bond donors (Lipinski definition) is 1. The Morgan fingerprint density at radius 1 is 1.07 bits per heavy atom. The fraction of sp³-hybridized carbons (Fsp3) is 0.304. The maximum atomic E-state index is 11.0. The zero-order valence-electron chi connectivity index (χ0n) is 16.9. The van der Waals surface area contributed by atoms with Crippen LogP contribution in [0.4, 0.5) is 11.4 Å². The molecule has 0 radical (unpaired) electrons. The second-order valence-electron chi connectivity index (χ2n) is 7.78. The summed E-state index contributed by atoms with van der Waals surface area (Å²) in [6.45, 7) is 9.30. The van der Waals surface area contributed by atoms with E-state index in [2.05, 4.69) is 36.9 Å². The molecule has 2 aromatic carbocycles. The summed E-state index contributed by atoms with van der Waals surface area (Å²) in [6.07, 6.45) is 0. The lowest BCUT2D eigenvalue weighted by molar-refractivity contribution is -0.915. The summed E-state index contributed by atoms with van der Waals surface area (Å²) in [5.41, 5.74) is 4.78. The van der Waals surface area contributed by atoms with Crippen LogP contribution < -0.4 is 9.80 Å². The number of aryl methyl sites for hydroxylation is 2. The highest BCUT2D eigenvalue weighted by atomic mass is 16.6. The minimum Gasteiger partial charge on any atom is -0.455 e. The maximum Gasteiger partial charge on any atom is 0.270 e. The molecule has 1 saturated heterocycles. The Bertz CT molecular complexity index is 1020. The van der Waals surface area contributed by atoms with Gasteiger partial charge in [-0.15, -0.1) is 0 Å². The van der Waals surface area contributed by atoms with Gasteiger partial charge in [-0.1, -0.05) is 24.3 Å². The van der Waals surface area contributed by atoms with Gasteiger partial charge in [0.05, 0.1) is 31.1 Å². The molecule has 0 amide bonds. The van der Waals surface area contributed by atoms with Crippen molar-refractivity contribution in [1.82, 2.24) is 0 Å². The smallest absolute Gasteiger partial charge is 0.270 e. The summed E-state index contributed by atoms with van der Waals surface area (Å²) in [7, 11) is 0. The second kappa shape index (κ2) is 8.09. The van der Waals surface area contributed by atoms with Crippen molar-refractivity contribution in [2.45, 2.75) is 20.4 Å². The van der Waals surface area contributed by atoms with Crippen molar-refractivity contribution in [3.05, 3.63) is 81.6 Å². The summed E-state index contributed by atoms with van der Waals surface area (Å²) >= 11 is 0. The van der Waals surface area contributed by atoms with Gasteiger partial charge in [0.1, 0.15) is 12.3 Å². The fourth-order valence-electron chi connectivity index (χ4n) is 3.95. The van der Waals surface area contributed by atoms with Crippen LogP contribution in [0.3, 0.4) is 0 Å². The van der Waals surface area contributed by atoms with Gasteiger partial charge in [-0.2, -0.15) is 0 Å². The van der Waals surface area contributed by atoms with Gasteiger partial charge in [0.2, 0.25) is 0 Å². The monoisotopic (exact) mass is 392 g/mol. The summed E-state index contributed by atoms with van der Waals surface area (Å²) < 4.78 is 6.00. The Balaban J connectivity index is 1.39. The zero-order chi connectivity index (χ0) is 20.4. The van der Waals surface area contributed by atoms with Crippen molar-refractivity contribution in [2.75, 3.05) is 31.1 Å². The molecule has 1 aliphatic heterocycles. The predicted octanol–water partition coefficient (Wildman–Crippen LogP) is 3.38. The highest BCUT2D eigenvalue weighted by Crippen LogP contribution is 2.26. The zero-order valence-corrected chi connectivity index (χ0v) is 16.9. The average Bonchev–Trinajstić information content (AvgIpc) is 3.19. The van der Waals surface area contributed by atoms with Gasteiger partial charge >= 0.3 is 0 Å². The number of quaternary nitrogens is 1. The van der Waals surface area contributed by atoms with E-state index in [1.165, 1.54) is 27.8 Å². The van der Waals surface area contributed by atoms with E-state index in [9.17, 15) is 10.1 Å². The van der Waals surface area contributed by atoms with Gasteiger partial charge in [0, 0.05) is 23.4 Å². The first-order valence-electron chi connectivity index (χ1n) is 9.99. The average molecular weight is 392 g/mol. The minimum atomic E-state index is -0.382. The molecule has 29 heavy (non-hydrogen) atoms. The fourth-order valence-corrected chi connectivity index (χ4v) is 3.95. The Hall–Kier alpha value is -3.12. The minimum absolute atomic E-state index is 0.0774. The third-order valence-electron chi connectivity index (χ3n) is 5.60.